The molecule has 1 radical (unpaired) electrons. The molecule has 0 aromatic heterocycles. The lowest BCUT2D eigenvalue weighted by Crippen LogP contribution is -2.35. The van der Waals surface area contributed by atoms with Crippen LogP contribution in [0.25, 0.3) is 0 Å². The Morgan fingerprint density at radius 3 is 2.89 bits per heavy atom. The minimum Gasteiger partial charge on any atom is -0.391 e. The second-order valence-electron chi connectivity index (χ2n) is 2.11. The van der Waals surface area contributed by atoms with Crippen molar-refractivity contribution >= 4 is 0 Å². The summed E-state index contributed by atoms with van der Waals surface area (Å²) in [6.07, 6.45) is -0.575. The van der Waals surface area contributed by atoms with Crippen molar-refractivity contribution in [1.82, 2.24) is 0 Å². The predicted octanol–water partition coefficient (Wildman–Crippen LogP) is -0.0556. The number of ether oxygens (including phenoxy) is 2. The van der Waals surface area contributed by atoms with E-state index in [1.807, 2.05) is 0 Å². The summed E-state index contributed by atoms with van der Waals surface area (Å²) in [5, 5.41) is 8.96. The van der Waals surface area contributed by atoms with E-state index in [4.69, 9.17) is 14.6 Å². The van der Waals surface area contributed by atoms with Crippen LogP contribution >= 0.6 is 0 Å². The third-order valence-electron chi connectivity index (χ3n) is 1.29. The van der Waals surface area contributed by atoms with Gasteiger partial charge in [0.15, 0.2) is 0 Å². The van der Waals surface area contributed by atoms with Gasteiger partial charge in [0.1, 0.15) is 12.7 Å². The molecule has 0 aromatic rings. The van der Waals surface area contributed by atoms with Crippen LogP contribution in [0, 0.1) is 6.61 Å². The lowest BCUT2D eigenvalue weighted by Gasteiger charge is -2.24. The topological polar surface area (TPSA) is 38.7 Å². The average Bonchev–Trinajstić information content (AvgIpc) is 1.90. The molecule has 2 unspecified atom stereocenters. The number of hydrogen-bond acceptors (Lipinski definition) is 3. The van der Waals surface area contributed by atoms with Gasteiger partial charge in [-0.15, -0.1) is 0 Å². The van der Waals surface area contributed by atoms with Crippen LogP contribution < -0.4 is 0 Å². The number of aliphatic hydroxyl groups is 1. The van der Waals surface area contributed by atoms with Gasteiger partial charge in [-0.2, -0.15) is 0 Å². The van der Waals surface area contributed by atoms with E-state index in [0.29, 0.717) is 13.2 Å². The van der Waals surface area contributed by atoms with E-state index < -0.39 is 6.10 Å². The Bertz CT molecular complexity index is 76.4. The lowest BCUT2D eigenvalue weighted by molar-refractivity contribution is -0.103. The van der Waals surface area contributed by atoms with Crippen molar-refractivity contribution in [3.63, 3.8) is 0 Å². The molecule has 3 heteroatoms. The van der Waals surface area contributed by atoms with Crippen LogP contribution in [0.3, 0.4) is 0 Å². The molecule has 1 aliphatic rings. The van der Waals surface area contributed by atoms with E-state index in [1.54, 1.807) is 13.5 Å². The molecule has 1 heterocycles. The highest BCUT2D eigenvalue weighted by Gasteiger charge is 2.18. The largest absolute Gasteiger partial charge is 0.391 e. The molecule has 1 rings (SSSR count). The Hall–Kier alpha value is -0.120. The van der Waals surface area contributed by atoms with E-state index in [-0.39, 0.29) is 6.10 Å². The quantitative estimate of drug-likeness (QED) is 0.542. The van der Waals surface area contributed by atoms with Crippen molar-refractivity contribution in [3.8, 4) is 0 Å². The fourth-order valence-corrected chi connectivity index (χ4v) is 0.701. The minimum absolute atomic E-state index is 0.144. The van der Waals surface area contributed by atoms with Gasteiger partial charge < -0.3 is 14.6 Å². The standard InChI is InChI=1S/C6H11O3/c1-5(7)6-4-8-2-3-9-6/h2,5-7H,3-4H2,1H3. The molecule has 0 saturated carbocycles. The van der Waals surface area contributed by atoms with E-state index in [9.17, 15) is 0 Å². The first-order chi connectivity index (χ1) is 4.30. The SMILES string of the molecule is CC(O)C1CO[CH]CO1. The summed E-state index contributed by atoms with van der Waals surface area (Å²) in [4.78, 5) is 0. The number of aliphatic hydroxyl groups excluding tert-OH is 1. The van der Waals surface area contributed by atoms with E-state index in [1.165, 1.54) is 0 Å². The van der Waals surface area contributed by atoms with Gasteiger partial charge in [0.25, 0.3) is 0 Å². The van der Waals surface area contributed by atoms with Gasteiger partial charge in [0.2, 0.25) is 0 Å². The van der Waals surface area contributed by atoms with Crippen molar-refractivity contribution in [2.45, 2.75) is 19.1 Å². The fourth-order valence-electron chi connectivity index (χ4n) is 0.701. The molecule has 0 spiro atoms. The summed E-state index contributed by atoms with van der Waals surface area (Å²) in [6, 6.07) is 0. The van der Waals surface area contributed by atoms with Crippen molar-refractivity contribution in [2.75, 3.05) is 13.2 Å². The highest BCUT2D eigenvalue weighted by atomic mass is 16.6. The zero-order chi connectivity index (χ0) is 6.69. The molecule has 1 N–H and O–H groups in total. The third-order valence-corrected chi connectivity index (χ3v) is 1.29. The van der Waals surface area contributed by atoms with Crippen LogP contribution in [-0.4, -0.2) is 30.5 Å². The Morgan fingerprint density at radius 1 is 1.78 bits per heavy atom. The third kappa shape index (κ3) is 1.93. The summed E-state index contributed by atoms with van der Waals surface area (Å²) in [6.45, 7) is 4.24. The molecular weight excluding hydrogens is 120 g/mol. The van der Waals surface area contributed by atoms with Crippen LogP contribution in [0.15, 0.2) is 0 Å². The molecule has 1 fully saturated rings. The first kappa shape index (κ1) is 6.99. The second-order valence-corrected chi connectivity index (χ2v) is 2.11. The van der Waals surface area contributed by atoms with Crippen LogP contribution in [-0.2, 0) is 9.47 Å². The highest BCUT2D eigenvalue weighted by Crippen LogP contribution is 2.06. The van der Waals surface area contributed by atoms with Gasteiger partial charge >= 0.3 is 0 Å². The second kappa shape index (κ2) is 3.15. The summed E-state index contributed by atoms with van der Waals surface area (Å²) >= 11 is 0. The summed E-state index contributed by atoms with van der Waals surface area (Å²) in [7, 11) is 0. The first-order valence-electron chi connectivity index (χ1n) is 3.03. The van der Waals surface area contributed by atoms with Gasteiger partial charge in [-0.05, 0) is 6.92 Å². The first-order valence-corrected chi connectivity index (χ1v) is 3.03. The Labute approximate surface area is 54.6 Å². The smallest absolute Gasteiger partial charge is 0.109 e. The Morgan fingerprint density at radius 2 is 2.56 bits per heavy atom. The molecule has 2 atom stereocenters. The maximum Gasteiger partial charge on any atom is 0.109 e. The highest BCUT2D eigenvalue weighted by molar-refractivity contribution is 4.69. The minimum atomic E-state index is -0.432. The van der Waals surface area contributed by atoms with Crippen LogP contribution in [0.5, 0.6) is 0 Å². The fraction of sp³-hybridized carbons (Fsp3) is 0.833. The molecule has 0 aliphatic carbocycles. The maximum absolute atomic E-state index is 8.96. The van der Waals surface area contributed by atoms with Gasteiger partial charge in [-0.3, -0.25) is 0 Å². The van der Waals surface area contributed by atoms with Gasteiger partial charge in [-0.1, -0.05) is 0 Å². The normalized spacial score (nSPS) is 32.0. The zero-order valence-electron chi connectivity index (χ0n) is 5.41. The van der Waals surface area contributed by atoms with Crippen LogP contribution in [0.1, 0.15) is 6.92 Å². The van der Waals surface area contributed by atoms with Crippen LogP contribution in [0.2, 0.25) is 0 Å². The molecular formula is C6H11O3. The monoisotopic (exact) mass is 131 g/mol. The molecule has 0 aromatic carbocycles. The van der Waals surface area contributed by atoms with Crippen LogP contribution in [0.4, 0.5) is 0 Å². The Kier molecular flexibility index (Phi) is 2.45. The van der Waals surface area contributed by atoms with Crippen molar-refractivity contribution in [1.29, 1.82) is 0 Å². The van der Waals surface area contributed by atoms with Crippen molar-refractivity contribution < 1.29 is 14.6 Å². The number of hydrogen-bond donors (Lipinski definition) is 1. The molecule has 9 heavy (non-hydrogen) atoms. The molecule has 53 valence electrons. The number of rotatable bonds is 1. The Balaban J connectivity index is 2.23. The molecule has 1 saturated heterocycles. The maximum atomic E-state index is 8.96. The predicted molar refractivity (Wildman–Crippen MR) is 31.7 cm³/mol. The summed E-state index contributed by atoms with van der Waals surface area (Å²) in [5.74, 6) is 0. The van der Waals surface area contributed by atoms with Crippen molar-refractivity contribution in [3.05, 3.63) is 6.61 Å². The summed E-state index contributed by atoms with van der Waals surface area (Å²) in [5.41, 5.74) is 0. The molecule has 3 nitrogen and oxygen atoms in total. The van der Waals surface area contributed by atoms with E-state index >= 15 is 0 Å². The van der Waals surface area contributed by atoms with Gasteiger partial charge in [0, 0.05) is 0 Å². The molecule has 1 aliphatic heterocycles. The average molecular weight is 131 g/mol. The summed E-state index contributed by atoms with van der Waals surface area (Å²) < 4.78 is 10.0. The van der Waals surface area contributed by atoms with Crippen molar-refractivity contribution in [2.24, 2.45) is 0 Å². The van der Waals surface area contributed by atoms with Gasteiger partial charge in [0.05, 0.1) is 19.3 Å². The van der Waals surface area contributed by atoms with Gasteiger partial charge in [-0.25, -0.2) is 0 Å². The molecule has 0 amide bonds. The lowest BCUT2D eigenvalue weighted by atomic mass is 10.2. The molecule has 0 bridgehead atoms. The van der Waals surface area contributed by atoms with E-state index in [2.05, 4.69) is 0 Å². The van der Waals surface area contributed by atoms with E-state index in [0.717, 1.165) is 0 Å². The zero-order valence-corrected chi connectivity index (χ0v) is 5.41.